The summed E-state index contributed by atoms with van der Waals surface area (Å²) < 4.78 is 14.9. The van der Waals surface area contributed by atoms with Crippen LogP contribution in [0.1, 0.15) is 12.5 Å². The summed E-state index contributed by atoms with van der Waals surface area (Å²) in [6.07, 6.45) is 11.9. The summed E-state index contributed by atoms with van der Waals surface area (Å²) in [4.78, 5) is 27.1. The van der Waals surface area contributed by atoms with Crippen molar-refractivity contribution in [1.82, 2.24) is 14.9 Å². The summed E-state index contributed by atoms with van der Waals surface area (Å²) in [5, 5.41) is 3.20. The molecule has 2 aliphatic heterocycles. The van der Waals surface area contributed by atoms with Gasteiger partial charge in [0.05, 0.1) is 17.8 Å². The molecule has 36 heavy (non-hydrogen) atoms. The molecule has 186 valence electrons. The van der Waals surface area contributed by atoms with E-state index < -0.39 is 17.8 Å². The minimum Gasteiger partial charge on any atom is -0.369 e. The molecule has 0 saturated carbocycles. The van der Waals surface area contributed by atoms with Crippen molar-refractivity contribution in [2.45, 2.75) is 19.9 Å². The quantitative estimate of drug-likeness (QED) is 0.645. The predicted octanol–water partition coefficient (Wildman–Crippen LogP) is 3.42. The highest BCUT2D eigenvalue weighted by atomic mass is 19.1. The summed E-state index contributed by atoms with van der Waals surface area (Å²) in [5.41, 5.74) is 9.80. The minimum atomic E-state index is -0.592. The molecule has 1 saturated heterocycles. The highest BCUT2D eigenvalue weighted by molar-refractivity contribution is 5.99. The Morgan fingerprint density at radius 1 is 1.19 bits per heavy atom. The van der Waals surface area contributed by atoms with Gasteiger partial charge in [-0.05, 0) is 42.8 Å². The molecular weight excluding hydrogens is 457 g/mol. The van der Waals surface area contributed by atoms with Crippen molar-refractivity contribution in [1.29, 1.82) is 0 Å². The van der Waals surface area contributed by atoms with E-state index in [2.05, 4.69) is 51.1 Å². The second-order valence-corrected chi connectivity index (χ2v) is 9.06. The van der Waals surface area contributed by atoms with Gasteiger partial charge in [-0.3, -0.25) is 4.79 Å². The Hall–Kier alpha value is -3.98. The van der Waals surface area contributed by atoms with E-state index in [9.17, 15) is 9.18 Å². The number of hydrogen-bond donors (Lipinski definition) is 2. The van der Waals surface area contributed by atoms with Gasteiger partial charge < -0.3 is 25.8 Å². The van der Waals surface area contributed by atoms with Crippen molar-refractivity contribution in [2.24, 2.45) is 5.73 Å². The van der Waals surface area contributed by atoms with Crippen molar-refractivity contribution in [2.75, 3.05) is 47.8 Å². The van der Waals surface area contributed by atoms with Crippen molar-refractivity contribution in [3.05, 3.63) is 83.5 Å². The third kappa shape index (κ3) is 4.61. The van der Waals surface area contributed by atoms with Crippen molar-refractivity contribution >= 4 is 29.0 Å². The maximum atomic E-state index is 14.9. The smallest absolute Gasteiger partial charge is 0.250 e. The molecule has 1 amide bonds. The van der Waals surface area contributed by atoms with Crippen LogP contribution in [-0.4, -0.2) is 59.5 Å². The number of rotatable bonds is 6. The Labute approximate surface area is 210 Å². The van der Waals surface area contributed by atoms with Crippen LogP contribution < -0.4 is 20.9 Å². The number of fused-ring (bicyclic) bond motifs is 1. The number of amides is 1. The Balaban J connectivity index is 1.38. The highest BCUT2D eigenvalue weighted by Gasteiger charge is 2.34. The van der Waals surface area contributed by atoms with Crippen LogP contribution in [0.2, 0.25) is 0 Å². The molecule has 1 aromatic carbocycles. The molecule has 3 N–H and O–H groups in total. The van der Waals surface area contributed by atoms with Crippen LogP contribution in [0.3, 0.4) is 0 Å². The van der Waals surface area contributed by atoms with Crippen LogP contribution in [0.5, 0.6) is 0 Å². The molecule has 9 heteroatoms. The van der Waals surface area contributed by atoms with Crippen molar-refractivity contribution in [3.8, 4) is 0 Å². The minimum absolute atomic E-state index is 0.0633. The van der Waals surface area contributed by atoms with Crippen LogP contribution in [0.25, 0.3) is 0 Å². The number of piperazine rings is 1. The molecular formula is C27H30FN7O. The Bertz CT molecular complexity index is 1290. The van der Waals surface area contributed by atoms with Crippen LogP contribution in [0.4, 0.5) is 27.5 Å². The fourth-order valence-electron chi connectivity index (χ4n) is 4.90. The molecule has 1 aliphatic carbocycles. The number of benzene rings is 1. The fraction of sp³-hybridized carbons (Fsp3) is 0.296. The molecule has 5 rings (SSSR count). The maximum Gasteiger partial charge on any atom is 0.250 e. The van der Waals surface area contributed by atoms with Gasteiger partial charge in [-0.25, -0.2) is 9.37 Å². The monoisotopic (exact) mass is 487 g/mol. The third-order valence-electron chi connectivity index (χ3n) is 6.84. The van der Waals surface area contributed by atoms with E-state index in [1.165, 1.54) is 5.69 Å². The fourth-order valence-corrected chi connectivity index (χ4v) is 4.90. The van der Waals surface area contributed by atoms with Gasteiger partial charge in [-0.1, -0.05) is 37.3 Å². The number of carbonyl (C=O) groups excluding carboxylic acids is 1. The average Bonchev–Trinajstić information content (AvgIpc) is 3.06. The first-order valence-electron chi connectivity index (χ1n) is 12.2. The number of likely N-dealkylation sites (N-methyl/N-ethyl adjacent to an activating group) is 1. The van der Waals surface area contributed by atoms with Gasteiger partial charge in [0.15, 0.2) is 11.6 Å². The first-order chi connectivity index (χ1) is 17.4. The molecule has 8 nitrogen and oxygen atoms in total. The second-order valence-electron chi connectivity index (χ2n) is 9.06. The van der Waals surface area contributed by atoms with E-state index in [0.717, 1.165) is 50.2 Å². The number of allylic oxidation sites excluding steroid dienone is 4. The lowest BCUT2D eigenvalue weighted by Gasteiger charge is -2.36. The lowest BCUT2D eigenvalue weighted by molar-refractivity contribution is -0.114. The molecule has 1 unspecified atom stereocenters. The van der Waals surface area contributed by atoms with Gasteiger partial charge in [-0.2, -0.15) is 4.98 Å². The number of nitrogens with one attached hydrogen (secondary N) is 1. The first kappa shape index (κ1) is 23.7. The number of hydrogen-bond acceptors (Lipinski definition) is 7. The Morgan fingerprint density at radius 2 is 2.00 bits per heavy atom. The van der Waals surface area contributed by atoms with Gasteiger partial charge >= 0.3 is 0 Å². The Kier molecular flexibility index (Phi) is 6.56. The summed E-state index contributed by atoms with van der Waals surface area (Å²) >= 11 is 0. The summed E-state index contributed by atoms with van der Waals surface area (Å²) in [6.45, 7) is 9.50. The van der Waals surface area contributed by atoms with E-state index >= 15 is 0 Å². The van der Waals surface area contributed by atoms with Crippen molar-refractivity contribution in [3.63, 3.8) is 0 Å². The van der Waals surface area contributed by atoms with E-state index in [0.29, 0.717) is 11.1 Å². The summed E-state index contributed by atoms with van der Waals surface area (Å²) in [7, 11) is 0. The molecule has 0 bridgehead atoms. The molecule has 1 fully saturated rings. The lowest BCUT2D eigenvalue weighted by atomic mass is 10.0. The molecule has 0 spiro atoms. The average molecular weight is 488 g/mol. The van der Waals surface area contributed by atoms with Crippen LogP contribution in [-0.2, 0) is 4.79 Å². The zero-order valence-corrected chi connectivity index (χ0v) is 20.5. The summed E-state index contributed by atoms with van der Waals surface area (Å²) in [5.74, 6) is -0.840. The number of carbonyl (C=O) groups is 1. The molecule has 1 aromatic heterocycles. The van der Waals surface area contributed by atoms with E-state index in [-0.39, 0.29) is 11.8 Å². The number of halogens is 1. The second kappa shape index (κ2) is 9.94. The molecule has 1 atom stereocenters. The van der Waals surface area contributed by atoms with Gasteiger partial charge in [0.2, 0.25) is 5.95 Å². The van der Waals surface area contributed by atoms with Gasteiger partial charge in [0.1, 0.15) is 0 Å². The van der Waals surface area contributed by atoms with Crippen LogP contribution in [0, 0.1) is 12.7 Å². The number of aromatic nitrogens is 2. The number of nitrogens with two attached hydrogens (primary N) is 1. The molecule has 2 aromatic rings. The SMILES string of the molecule is CCN1CCN(c2ccc(Nc3ncc(F)c(N4C=C(C(N)=O)C5=CC=CC=CC54)n3)cc2C)CC1. The standard InChI is InChI=1S/C27H30FN7O/c1-3-33-11-13-34(14-12-33)23-10-9-19(15-18(23)2)31-27-30-16-22(28)26(32-27)35-17-21(25(29)36)20-7-5-4-6-8-24(20)35/h4-10,15-17,24H,3,11-14H2,1-2H3,(H2,29,36)(H,30,31,32). The van der Waals surface area contributed by atoms with Crippen LogP contribution >= 0.6 is 0 Å². The zero-order valence-electron chi connectivity index (χ0n) is 20.5. The molecule has 0 radical (unpaired) electrons. The predicted molar refractivity (Wildman–Crippen MR) is 141 cm³/mol. The Morgan fingerprint density at radius 3 is 2.72 bits per heavy atom. The van der Waals surface area contributed by atoms with Crippen LogP contribution in [0.15, 0.2) is 72.1 Å². The number of anilines is 4. The van der Waals surface area contributed by atoms with E-state index in [4.69, 9.17) is 5.73 Å². The topological polar surface area (TPSA) is 90.6 Å². The number of nitrogens with zero attached hydrogens (tertiary/aromatic N) is 5. The molecule has 3 aliphatic rings. The number of aryl methyl sites for hydroxylation is 1. The summed E-state index contributed by atoms with van der Waals surface area (Å²) in [6, 6.07) is 5.75. The van der Waals surface area contributed by atoms with Gasteiger partial charge in [0.25, 0.3) is 5.91 Å². The molecule has 3 heterocycles. The third-order valence-corrected chi connectivity index (χ3v) is 6.84. The lowest BCUT2D eigenvalue weighted by Crippen LogP contribution is -2.46. The zero-order chi connectivity index (χ0) is 25.2. The normalized spacial score (nSPS) is 19.6. The van der Waals surface area contributed by atoms with Gasteiger partial charge in [0, 0.05) is 43.8 Å². The number of primary amides is 1. The largest absolute Gasteiger partial charge is 0.369 e. The highest BCUT2D eigenvalue weighted by Crippen LogP contribution is 2.35. The van der Waals surface area contributed by atoms with E-state index in [1.807, 2.05) is 36.4 Å². The van der Waals surface area contributed by atoms with E-state index in [1.54, 1.807) is 11.1 Å². The van der Waals surface area contributed by atoms with Crippen molar-refractivity contribution < 1.29 is 9.18 Å². The van der Waals surface area contributed by atoms with Gasteiger partial charge in [-0.15, -0.1) is 0 Å². The maximum absolute atomic E-state index is 14.9. The first-order valence-corrected chi connectivity index (χ1v) is 12.2.